The van der Waals surface area contributed by atoms with Crippen LogP contribution in [0.15, 0.2) is 59.7 Å². The molecule has 0 N–H and O–H groups in total. The molecule has 4 rings (SSSR count). The largest absolute Gasteiger partial charge is 0.467 e. The van der Waals surface area contributed by atoms with Gasteiger partial charge in [-0.1, -0.05) is 18.2 Å². The van der Waals surface area contributed by atoms with Crippen LogP contribution in [0.4, 0.5) is 0 Å². The summed E-state index contributed by atoms with van der Waals surface area (Å²) in [5.74, 6) is 2.02. The van der Waals surface area contributed by atoms with Crippen molar-refractivity contribution in [3.8, 4) is 0 Å². The van der Waals surface area contributed by atoms with Gasteiger partial charge in [0.25, 0.3) is 0 Å². The first kappa shape index (κ1) is 14.8. The lowest BCUT2D eigenvalue weighted by Gasteiger charge is -2.15. The second kappa shape index (κ2) is 6.00. The van der Waals surface area contributed by atoms with Gasteiger partial charge in [-0.3, -0.25) is 4.79 Å². The number of likely N-dealkylation sites (tertiary alicyclic amines) is 1. The molecule has 0 aliphatic carbocycles. The maximum atomic E-state index is 12.4. The minimum Gasteiger partial charge on any atom is -0.467 e. The van der Waals surface area contributed by atoms with Gasteiger partial charge in [0.1, 0.15) is 11.6 Å². The van der Waals surface area contributed by atoms with Crippen molar-refractivity contribution >= 4 is 16.9 Å². The molecule has 0 radical (unpaired) electrons. The first-order chi connectivity index (χ1) is 11.8. The zero-order valence-corrected chi connectivity index (χ0v) is 13.4. The number of benzene rings is 1. The van der Waals surface area contributed by atoms with Crippen LogP contribution < -0.4 is 0 Å². The smallest absolute Gasteiger partial charge is 0.223 e. The fourth-order valence-corrected chi connectivity index (χ4v) is 3.42. The van der Waals surface area contributed by atoms with Gasteiger partial charge < -0.3 is 13.9 Å². The molecule has 0 spiro atoms. The van der Waals surface area contributed by atoms with Gasteiger partial charge in [0.15, 0.2) is 0 Å². The van der Waals surface area contributed by atoms with Gasteiger partial charge >= 0.3 is 0 Å². The number of fused-ring (bicyclic) bond motifs is 1. The minimum absolute atomic E-state index is 0.0970. The van der Waals surface area contributed by atoms with E-state index in [0.717, 1.165) is 22.6 Å². The van der Waals surface area contributed by atoms with Crippen molar-refractivity contribution in [1.82, 2.24) is 14.5 Å². The molecule has 1 amide bonds. The van der Waals surface area contributed by atoms with Crippen LogP contribution in [-0.2, 0) is 17.9 Å². The van der Waals surface area contributed by atoms with Gasteiger partial charge in [0.2, 0.25) is 5.91 Å². The summed E-state index contributed by atoms with van der Waals surface area (Å²) in [5.41, 5.74) is 2.05. The lowest BCUT2D eigenvalue weighted by Crippen LogP contribution is -2.24. The van der Waals surface area contributed by atoms with E-state index in [1.165, 1.54) is 0 Å². The summed E-state index contributed by atoms with van der Waals surface area (Å²) in [7, 11) is 0. The molecular formula is C19H19N3O2. The van der Waals surface area contributed by atoms with Crippen LogP contribution in [0.2, 0.25) is 0 Å². The van der Waals surface area contributed by atoms with Gasteiger partial charge in [-0.25, -0.2) is 4.98 Å². The maximum absolute atomic E-state index is 12.4. The highest BCUT2D eigenvalue weighted by Gasteiger charge is 2.34. The third-order valence-electron chi connectivity index (χ3n) is 4.50. The summed E-state index contributed by atoms with van der Waals surface area (Å²) in [6.45, 7) is 5.73. The van der Waals surface area contributed by atoms with Gasteiger partial charge in [-0.2, -0.15) is 0 Å². The van der Waals surface area contributed by atoms with Crippen molar-refractivity contribution in [1.29, 1.82) is 0 Å². The Kier molecular flexibility index (Phi) is 3.69. The van der Waals surface area contributed by atoms with Crippen molar-refractivity contribution in [2.75, 3.05) is 6.54 Å². The van der Waals surface area contributed by atoms with Crippen molar-refractivity contribution in [2.24, 2.45) is 0 Å². The molecule has 3 aromatic rings. The topological polar surface area (TPSA) is 51.3 Å². The van der Waals surface area contributed by atoms with E-state index in [-0.39, 0.29) is 11.8 Å². The summed E-state index contributed by atoms with van der Waals surface area (Å²) in [6.07, 6.45) is 3.99. The zero-order valence-electron chi connectivity index (χ0n) is 13.4. The fraction of sp³-hybridized carbons (Fsp3) is 0.263. The van der Waals surface area contributed by atoms with Crippen LogP contribution >= 0.6 is 0 Å². The van der Waals surface area contributed by atoms with E-state index in [1.807, 2.05) is 41.3 Å². The molecule has 5 nitrogen and oxygen atoms in total. The van der Waals surface area contributed by atoms with E-state index in [9.17, 15) is 4.79 Å². The second-order valence-corrected chi connectivity index (χ2v) is 6.11. The number of hydrogen-bond donors (Lipinski definition) is 0. The highest BCUT2D eigenvalue weighted by molar-refractivity contribution is 5.80. The lowest BCUT2D eigenvalue weighted by atomic mass is 10.1. The quantitative estimate of drug-likeness (QED) is 0.677. The fourth-order valence-electron chi connectivity index (χ4n) is 3.42. The molecule has 2 aromatic heterocycles. The molecule has 1 unspecified atom stereocenters. The Bertz CT molecular complexity index is 879. The van der Waals surface area contributed by atoms with Gasteiger partial charge in [0, 0.05) is 25.4 Å². The molecule has 1 aliphatic heterocycles. The summed E-state index contributed by atoms with van der Waals surface area (Å²) < 4.78 is 7.53. The van der Waals surface area contributed by atoms with Crippen LogP contribution in [-0.4, -0.2) is 26.9 Å². The molecule has 3 heterocycles. The van der Waals surface area contributed by atoms with E-state index in [0.29, 0.717) is 26.1 Å². The molecule has 0 bridgehead atoms. The molecule has 1 atom stereocenters. The van der Waals surface area contributed by atoms with E-state index in [1.54, 1.807) is 6.26 Å². The Morgan fingerprint density at radius 1 is 1.29 bits per heavy atom. The van der Waals surface area contributed by atoms with Crippen LogP contribution in [0.5, 0.6) is 0 Å². The normalized spacial score (nSPS) is 17.8. The Morgan fingerprint density at radius 3 is 2.96 bits per heavy atom. The number of carbonyl (C=O) groups excluding carboxylic acids is 1. The molecule has 1 aliphatic rings. The average molecular weight is 321 g/mol. The molecule has 122 valence electrons. The van der Waals surface area contributed by atoms with E-state index in [4.69, 9.17) is 9.40 Å². The van der Waals surface area contributed by atoms with Crippen LogP contribution in [0.1, 0.15) is 23.9 Å². The molecule has 0 saturated carbocycles. The first-order valence-corrected chi connectivity index (χ1v) is 8.12. The summed E-state index contributed by atoms with van der Waals surface area (Å²) in [4.78, 5) is 19.0. The van der Waals surface area contributed by atoms with E-state index < -0.39 is 0 Å². The van der Waals surface area contributed by atoms with Crippen molar-refractivity contribution in [3.05, 3.63) is 66.9 Å². The first-order valence-electron chi connectivity index (χ1n) is 8.12. The Labute approximate surface area is 140 Å². The highest BCUT2D eigenvalue weighted by atomic mass is 16.3. The molecular weight excluding hydrogens is 302 g/mol. The lowest BCUT2D eigenvalue weighted by molar-refractivity contribution is -0.128. The minimum atomic E-state index is 0.0970. The van der Waals surface area contributed by atoms with Gasteiger partial charge in [0.05, 0.1) is 23.8 Å². The van der Waals surface area contributed by atoms with Crippen LogP contribution in [0, 0.1) is 0 Å². The number of carbonyl (C=O) groups is 1. The summed E-state index contributed by atoms with van der Waals surface area (Å²) in [5, 5.41) is 0. The van der Waals surface area contributed by atoms with Crippen molar-refractivity contribution in [3.63, 3.8) is 0 Å². The number of nitrogens with zero attached hydrogens (tertiary/aromatic N) is 3. The predicted molar refractivity (Wildman–Crippen MR) is 91.4 cm³/mol. The Balaban J connectivity index is 1.64. The number of para-hydroxylation sites is 2. The molecule has 1 aromatic carbocycles. The van der Waals surface area contributed by atoms with Crippen molar-refractivity contribution < 1.29 is 9.21 Å². The SMILES string of the molecule is C=CCn1c(C2CC(=O)N(Cc3ccco3)C2)nc2ccccc21. The number of allylic oxidation sites excluding steroid dienone is 1. The highest BCUT2D eigenvalue weighted by Crippen LogP contribution is 2.31. The zero-order chi connectivity index (χ0) is 16.5. The predicted octanol–water partition coefficient (Wildman–Crippen LogP) is 3.33. The number of rotatable bonds is 5. The van der Waals surface area contributed by atoms with Gasteiger partial charge in [-0.05, 0) is 24.3 Å². The van der Waals surface area contributed by atoms with E-state index in [2.05, 4.69) is 17.2 Å². The summed E-state index contributed by atoms with van der Waals surface area (Å²) in [6, 6.07) is 11.8. The van der Waals surface area contributed by atoms with E-state index >= 15 is 0 Å². The molecule has 24 heavy (non-hydrogen) atoms. The van der Waals surface area contributed by atoms with Crippen LogP contribution in [0.25, 0.3) is 11.0 Å². The second-order valence-electron chi connectivity index (χ2n) is 6.11. The standard InChI is InChI=1S/C19H19N3O2/c1-2-9-22-17-8-4-3-7-16(17)20-19(22)14-11-18(23)21(12-14)13-15-6-5-10-24-15/h2-8,10,14H,1,9,11-13H2. The monoisotopic (exact) mass is 321 g/mol. The maximum Gasteiger partial charge on any atom is 0.223 e. The van der Waals surface area contributed by atoms with Crippen LogP contribution in [0.3, 0.4) is 0 Å². The number of furan rings is 1. The molecule has 1 saturated heterocycles. The molecule has 1 fully saturated rings. The van der Waals surface area contributed by atoms with Gasteiger partial charge in [-0.15, -0.1) is 6.58 Å². The average Bonchev–Trinajstić information content (AvgIpc) is 3.29. The Hall–Kier alpha value is -2.82. The number of imidazole rings is 1. The third-order valence-corrected chi connectivity index (χ3v) is 4.50. The number of aromatic nitrogens is 2. The van der Waals surface area contributed by atoms with Crippen molar-refractivity contribution in [2.45, 2.75) is 25.4 Å². The number of hydrogen-bond acceptors (Lipinski definition) is 3. The third kappa shape index (κ3) is 2.52. The summed E-state index contributed by atoms with van der Waals surface area (Å²) >= 11 is 0. The Morgan fingerprint density at radius 2 is 2.17 bits per heavy atom. The molecule has 5 heteroatoms. The number of amides is 1.